The van der Waals surface area contributed by atoms with Crippen molar-refractivity contribution in [3.05, 3.63) is 53.5 Å². The molecular weight excluding hydrogens is 333 g/mol. The number of unbranched alkanes of at least 4 members (excludes halogenated alkanes) is 2. The molecule has 0 saturated heterocycles. The van der Waals surface area contributed by atoms with Gasteiger partial charge in [-0.2, -0.15) is 0 Å². The highest BCUT2D eigenvalue weighted by Gasteiger charge is 2.22. The Kier molecular flexibility index (Phi) is 7.43. The molecule has 0 aliphatic heterocycles. The van der Waals surface area contributed by atoms with Gasteiger partial charge in [0.15, 0.2) is 0 Å². The van der Waals surface area contributed by atoms with Crippen LogP contribution < -0.4 is 0 Å². The van der Waals surface area contributed by atoms with Crippen LogP contribution in [0.25, 0.3) is 11.3 Å². The van der Waals surface area contributed by atoms with E-state index < -0.39 is 0 Å². The van der Waals surface area contributed by atoms with E-state index in [0.717, 1.165) is 30.0 Å². The Morgan fingerprint density at radius 3 is 2.41 bits per heavy atom. The van der Waals surface area contributed by atoms with E-state index in [9.17, 15) is 4.39 Å². The predicted molar refractivity (Wildman–Crippen MR) is 112 cm³/mol. The molecule has 1 saturated carbocycles. The second kappa shape index (κ2) is 10.0. The zero-order chi connectivity index (χ0) is 19.1. The lowest BCUT2D eigenvalue weighted by Gasteiger charge is -2.28. The number of aromatic nitrogens is 1. The third kappa shape index (κ3) is 5.40. The Balaban J connectivity index is 1.63. The monoisotopic (exact) mass is 367 g/mol. The standard InChI is InChI=1S/C25H34FN/c1-3-5-6-8-20-11-15-23(24(26)17-20)25-16-14-22(18-27-25)21-12-9-19(7-4-2)10-13-21/h11,14-19,21H,3-10,12-13H2,1-2H3/t19-,21-. The maximum absolute atomic E-state index is 14.6. The van der Waals surface area contributed by atoms with E-state index in [1.807, 2.05) is 18.3 Å². The number of pyridine rings is 1. The van der Waals surface area contributed by atoms with Crippen molar-refractivity contribution in [2.75, 3.05) is 0 Å². The average molecular weight is 368 g/mol. The molecule has 0 spiro atoms. The summed E-state index contributed by atoms with van der Waals surface area (Å²) in [6.07, 6.45) is 14.4. The molecule has 1 nitrogen and oxygen atoms in total. The number of rotatable bonds is 8. The smallest absolute Gasteiger partial charge is 0.132 e. The van der Waals surface area contributed by atoms with Crippen molar-refractivity contribution in [2.45, 2.75) is 84.0 Å². The minimum absolute atomic E-state index is 0.149. The molecule has 0 atom stereocenters. The molecule has 0 bridgehead atoms. The topological polar surface area (TPSA) is 12.9 Å². The average Bonchev–Trinajstić information content (AvgIpc) is 2.69. The molecule has 146 valence electrons. The number of hydrogen-bond donors (Lipinski definition) is 0. The second-order valence-electron chi connectivity index (χ2n) is 8.25. The molecule has 3 rings (SSSR count). The fourth-order valence-corrected chi connectivity index (χ4v) is 4.50. The minimum Gasteiger partial charge on any atom is -0.256 e. The molecule has 0 unspecified atom stereocenters. The van der Waals surface area contributed by atoms with Gasteiger partial charge in [-0.25, -0.2) is 4.39 Å². The van der Waals surface area contributed by atoms with Gasteiger partial charge < -0.3 is 0 Å². The molecule has 1 heterocycles. The maximum atomic E-state index is 14.6. The Bertz CT molecular complexity index is 699. The number of halogens is 1. The van der Waals surface area contributed by atoms with Crippen molar-refractivity contribution < 1.29 is 4.39 Å². The van der Waals surface area contributed by atoms with E-state index in [2.05, 4.69) is 31.0 Å². The minimum atomic E-state index is -0.149. The summed E-state index contributed by atoms with van der Waals surface area (Å²) in [6, 6.07) is 9.81. The van der Waals surface area contributed by atoms with Crippen LogP contribution in [0.3, 0.4) is 0 Å². The van der Waals surface area contributed by atoms with Crippen LogP contribution in [0.1, 0.15) is 88.7 Å². The van der Waals surface area contributed by atoms with Crippen LogP contribution in [0, 0.1) is 11.7 Å². The molecule has 0 amide bonds. The largest absolute Gasteiger partial charge is 0.256 e. The van der Waals surface area contributed by atoms with Crippen molar-refractivity contribution in [3.8, 4) is 11.3 Å². The SMILES string of the molecule is CCCCCc1ccc(-c2ccc([C@H]3CC[C@H](CCC)CC3)cn2)c(F)c1. The summed E-state index contributed by atoms with van der Waals surface area (Å²) in [4.78, 5) is 4.61. The first-order valence-electron chi connectivity index (χ1n) is 11.0. The summed E-state index contributed by atoms with van der Waals surface area (Å²) < 4.78 is 14.6. The fraction of sp³-hybridized carbons (Fsp3) is 0.560. The first-order chi connectivity index (χ1) is 13.2. The third-order valence-electron chi connectivity index (χ3n) is 6.18. The lowest BCUT2D eigenvalue weighted by Crippen LogP contribution is -2.13. The number of benzene rings is 1. The summed E-state index contributed by atoms with van der Waals surface area (Å²) in [5.74, 6) is 1.40. The summed E-state index contributed by atoms with van der Waals surface area (Å²) in [7, 11) is 0. The highest BCUT2D eigenvalue weighted by molar-refractivity contribution is 5.60. The van der Waals surface area contributed by atoms with Crippen LogP contribution in [0.2, 0.25) is 0 Å². The van der Waals surface area contributed by atoms with Crippen molar-refractivity contribution in [2.24, 2.45) is 5.92 Å². The maximum Gasteiger partial charge on any atom is 0.132 e. The first-order valence-corrected chi connectivity index (χ1v) is 11.0. The highest BCUT2D eigenvalue weighted by atomic mass is 19.1. The van der Waals surface area contributed by atoms with Crippen LogP contribution in [0.4, 0.5) is 4.39 Å². The van der Waals surface area contributed by atoms with Crippen LogP contribution in [-0.2, 0) is 6.42 Å². The van der Waals surface area contributed by atoms with E-state index in [0.29, 0.717) is 11.5 Å². The fourth-order valence-electron chi connectivity index (χ4n) is 4.50. The molecule has 0 N–H and O–H groups in total. The van der Waals surface area contributed by atoms with Gasteiger partial charge in [0.2, 0.25) is 0 Å². The lowest BCUT2D eigenvalue weighted by molar-refractivity contribution is 0.308. The van der Waals surface area contributed by atoms with E-state index in [4.69, 9.17) is 0 Å². The zero-order valence-electron chi connectivity index (χ0n) is 17.0. The van der Waals surface area contributed by atoms with Gasteiger partial charge >= 0.3 is 0 Å². The summed E-state index contributed by atoms with van der Waals surface area (Å²) in [5.41, 5.74) is 3.78. The molecule has 1 aliphatic carbocycles. The zero-order valence-corrected chi connectivity index (χ0v) is 17.0. The molecular formula is C25H34FN. The van der Waals surface area contributed by atoms with Crippen molar-refractivity contribution in [3.63, 3.8) is 0 Å². The third-order valence-corrected chi connectivity index (χ3v) is 6.18. The van der Waals surface area contributed by atoms with Gasteiger partial charge in [-0.05, 0) is 79.7 Å². The van der Waals surface area contributed by atoms with Crippen LogP contribution >= 0.6 is 0 Å². The second-order valence-corrected chi connectivity index (χ2v) is 8.25. The molecule has 1 fully saturated rings. The number of aryl methyl sites for hydroxylation is 1. The highest BCUT2D eigenvalue weighted by Crippen LogP contribution is 2.37. The van der Waals surface area contributed by atoms with E-state index in [1.54, 1.807) is 6.07 Å². The summed E-state index contributed by atoms with van der Waals surface area (Å²) in [5, 5.41) is 0. The lowest BCUT2D eigenvalue weighted by atomic mass is 9.77. The van der Waals surface area contributed by atoms with E-state index >= 15 is 0 Å². The Morgan fingerprint density at radius 2 is 1.78 bits per heavy atom. The molecule has 0 radical (unpaired) electrons. The molecule has 1 aliphatic rings. The number of nitrogens with zero attached hydrogens (tertiary/aromatic N) is 1. The van der Waals surface area contributed by atoms with Gasteiger partial charge in [-0.1, -0.05) is 51.7 Å². The normalized spacial score (nSPS) is 20.0. The first kappa shape index (κ1) is 20.0. The molecule has 2 heteroatoms. The summed E-state index contributed by atoms with van der Waals surface area (Å²) in [6.45, 7) is 4.47. The number of hydrogen-bond acceptors (Lipinski definition) is 1. The predicted octanol–water partition coefficient (Wildman–Crippen LogP) is 7.69. The van der Waals surface area contributed by atoms with Gasteiger partial charge in [0, 0.05) is 11.8 Å². The Morgan fingerprint density at radius 1 is 0.963 bits per heavy atom. The van der Waals surface area contributed by atoms with Crippen molar-refractivity contribution in [1.29, 1.82) is 0 Å². The van der Waals surface area contributed by atoms with Crippen LogP contribution in [0.5, 0.6) is 0 Å². The van der Waals surface area contributed by atoms with Crippen molar-refractivity contribution in [1.82, 2.24) is 4.98 Å². The van der Waals surface area contributed by atoms with Gasteiger partial charge in [0.1, 0.15) is 5.82 Å². The van der Waals surface area contributed by atoms with E-state index in [-0.39, 0.29) is 5.82 Å². The van der Waals surface area contributed by atoms with Gasteiger partial charge in [-0.15, -0.1) is 0 Å². The Labute approximate surface area is 164 Å². The van der Waals surface area contributed by atoms with Crippen molar-refractivity contribution >= 4 is 0 Å². The van der Waals surface area contributed by atoms with Gasteiger partial charge in [0.05, 0.1) is 5.69 Å². The molecule has 2 aromatic rings. The summed E-state index contributed by atoms with van der Waals surface area (Å²) >= 11 is 0. The quantitative estimate of drug-likeness (QED) is 0.436. The molecule has 1 aromatic carbocycles. The van der Waals surface area contributed by atoms with Crippen LogP contribution in [-0.4, -0.2) is 4.98 Å². The Hall–Kier alpha value is -1.70. The van der Waals surface area contributed by atoms with Gasteiger partial charge in [-0.3, -0.25) is 4.98 Å². The van der Waals surface area contributed by atoms with E-state index in [1.165, 1.54) is 56.9 Å². The molecule has 27 heavy (non-hydrogen) atoms. The molecule has 1 aromatic heterocycles. The van der Waals surface area contributed by atoms with Crippen LogP contribution in [0.15, 0.2) is 36.5 Å². The van der Waals surface area contributed by atoms with Gasteiger partial charge in [0.25, 0.3) is 0 Å².